The molecule has 4 aromatic rings. The number of hydrogen-bond donors (Lipinski definition) is 0. The fourth-order valence-electron chi connectivity index (χ4n) is 3.89. The van der Waals surface area contributed by atoms with Crippen molar-refractivity contribution in [3.05, 3.63) is 61.1 Å². The topological polar surface area (TPSA) is 72.6 Å². The molecule has 7 nitrogen and oxygen atoms in total. The number of fused-ring (bicyclic) bond motifs is 1. The van der Waals surface area contributed by atoms with E-state index in [0.717, 1.165) is 59.9 Å². The Kier molecular flexibility index (Phi) is 4.20. The van der Waals surface area contributed by atoms with Crippen molar-refractivity contribution in [1.29, 1.82) is 0 Å². The normalized spacial score (nSPS) is 15.2. The predicted molar refractivity (Wildman–Crippen MR) is 108 cm³/mol. The summed E-state index contributed by atoms with van der Waals surface area (Å²) in [5, 5.41) is 0. The molecule has 0 radical (unpaired) electrons. The van der Waals surface area contributed by atoms with E-state index in [4.69, 9.17) is 4.98 Å². The third-order valence-corrected chi connectivity index (χ3v) is 5.42. The first kappa shape index (κ1) is 16.8. The summed E-state index contributed by atoms with van der Waals surface area (Å²) in [5.41, 5.74) is 5.08. The van der Waals surface area contributed by atoms with Crippen LogP contribution in [-0.2, 0) is 7.05 Å². The molecular weight excluding hydrogens is 350 g/mol. The first-order valence-corrected chi connectivity index (χ1v) is 9.54. The minimum Gasteiger partial charge on any atom is -0.341 e. The molecule has 0 spiro atoms. The predicted octanol–water partition coefficient (Wildman–Crippen LogP) is 3.20. The summed E-state index contributed by atoms with van der Waals surface area (Å²) in [6, 6.07) is 8.03. The van der Waals surface area contributed by atoms with Crippen LogP contribution in [0.3, 0.4) is 0 Å². The first-order chi connectivity index (χ1) is 13.8. The van der Waals surface area contributed by atoms with Crippen LogP contribution in [0.4, 0.5) is 5.95 Å². The summed E-state index contributed by atoms with van der Waals surface area (Å²) < 4.78 is 2.06. The molecule has 0 N–H and O–H groups in total. The van der Waals surface area contributed by atoms with Gasteiger partial charge in [0.15, 0.2) is 0 Å². The van der Waals surface area contributed by atoms with Crippen LogP contribution in [0.15, 0.2) is 55.4 Å². The Bertz CT molecular complexity index is 1080. The van der Waals surface area contributed by atoms with Gasteiger partial charge in [0.25, 0.3) is 0 Å². The number of rotatable bonds is 3. The summed E-state index contributed by atoms with van der Waals surface area (Å²) in [6.45, 7) is 1.87. The molecule has 7 heteroatoms. The highest BCUT2D eigenvalue weighted by atomic mass is 15.2. The Morgan fingerprint density at radius 1 is 1.00 bits per heavy atom. The van der Waals surface area contributed by atoms with E-state index in [0.29, 0.717) is 5.92 Å². The third kappa shape index (κ3) is 2.98. The van der Waals surface area contributed by atoms with Crippen LogP contribution in [0.25, 0.3) is 22.3 Å². The summed E-state index contributed by atoms with van der Waals surface area (Å²) in [6.07, 6.45) is 11.1. The fourth-order valence-corrected chi connectivity index (χ4v) is 3.89. The van der Waals surface area contributed by atoms with Gasteiger partial charge in [-0.25, -0.2) is 15.0 Å². The van der Waals surface area contributed by atoms with Crippen molar-refractivity contribution in [3.63, 3.8) is 0 Å². The summed E-state index contributed by atoms with van der Waals surface area (Å²) in [5.74, 6) is 1.22. The number of piperidine rings is 1. The van der Waals surface area contributed by atoms with Crippen LogP contribution in [-0.4, -0.2) is 42.6 Å². The molecule has 4 aromatic heterocycles. The smallest absolute Gasteiger partial charge is 0.225 e. The summed E-state index contributed by atoms with van der Waals surface area (Å²) in [7, 11) is 2.03. The maximum absolute atomic E-state index is 5.04. The second kappa shape index (κ2) is 6.99. The van der Waals surface area contributed by atoms with Crippen molar-refractivity contribution < 1.29 is 0 Å². The number of hydrogen-bond acceptors (Lipinski definition) is 6. The Morgan fingerprint density at radius 3 is 2.57 bits per heavy atom. The molecule has 0 saturated carbocycles. The quantitative estimate of drug-likeness (QED) is 0.551. The van der Waals surface area contributed by atoms with E-state index in [1.165, 1.54) is 0 Å². The van der Waals surface area contributed by atoms with Gasteiger partial charge in [0.05, 0.1) is 17.5 Å². The molecule has 140 valence electrons. The maximum atomic E-state index is 5.04. The van der Waals surface area contributed by atoms with Crippen molar-refractivity contribution in [3.8, 4) is 11.3 Å². The second-order valence-electron chi connectivity index (χ2n) is 7.17. The Labute approximate surface area is 163 Å². The first-order valence-electron chi connectivity index (χ1n) is 9.54. The Morgan fingerprint density at radius 2 is 1.82 bits per heavy atom. The highest BCUT2D eigenvalue weighted by molar-refractivity contribution is 5.89. The number of imidazole rings is 1. The minimum atomic E-state index is 0.412. The van der Waals surface area contributed by atoms with Crippen molar-refractivity contribution in [2.45, 2.75) is 18.8 Å². The van der Waals surface area contributed by atoms with Crippen molar-refractivity contribution in [2.24, 2.45) is 7.05 Å². The second-order valence-corrected chi connectivity index (χ2v) is 7.17. The van der Waals surface area contributed by atoms with Gasteiger partial charge in [-0.3, -0.25) is 9.97 Å². The number of aromatic nitrogens is 6. The van der Waals surface area contributed by atoms with Gasteiger partial charge in [-0.05, 0) is 37.1 Å². The van der Waals surface area contributed by atoms with E-state index in [2.05, 4.69) is 35.5 Å². The van der Waals surface area contributed by atoms with E-state index < -0.39 is 0 Å². The van der Waals surface area contributed by atoms with Crippen LogP contribution >= 0.6 is 0 Å². The Hall–Kier alpha value is -3.35. The number of aryl methyl sites for hydroxylation is 1. The molecule has 0 unspecified atom stereocenters. The lowest BCUT2D eigenvalue weighted by Crippen LogP contribution is -2.34. The highest BCUT2D eigenvalue weighted by Gasteiger charge is 2.25. The van der Waals surface area contributed by atoms with Crippen LogP contribution in [0, 0.1) is 0 Å². The molecule has 28 heavy (non-hydrogen) atoms. The third-order valence-electron chi connectivity index (χ3n) is 5.42. The number of nitrogens with zero attached hydrogens (tertiary/aromatic N) is 7. The standard InChI is InChI=1S/C21H21N7/c1-27-14-25-20-18(27)12-17(26-19(20)16-4-2-7-22-13-16)15-5-10-28(11-6-15)21-23-8-3-9-24-21/h2-4,7-9,12-15H,5-6,10-11H2,1H3. The Balaban J connectivity index is 1.48. The van der Waals surface area contributed by atoms with Gasteiger partial charge in [-0.2, -0.15) is 0 Å². The number of anilines is 1. The summed E-state index contributed by atoms with van der Waals surface area (Å²) in [4.78, 5) is 24.9. The van der Waals surface area contributed by atoms with E-state index in [-0.39, 0.29) is 0 Å². The van der Waals surface area contributed by atoms with Crippen molar-refractivity contribution in [1.82, 2.24) is 29.5 Å². The van der Waals surface area contributed by atoms with E-state index in [1.54, 1.807) is 18.6 Å². The molecular formula is C21H21N7. The lowest BCUT2D eigenvalue weighted by atomic mass is 9.92. The molecule has 0 bridgehead atoms. The van der Waals surface area contributed by atoms with Gasteiger partial charge in [-0.1, -0.05) is 0 Å². The zero-order valence-electron chi connectivity index (χ0n) is 15.7. The average molecular weight is 371 g/mol. The monoisotopic (exact) mass is 371 g/mol. The average Bonchev–Trinajstić information content (AvgIpc) is 3.15. The van der Waals surface area contributed by atoms with E-state index >= 15 is 0 Å². The van der Waals surface area contributed by atoms with Crippen LogP contribution in [0.1, 0.15) is 24.5 Å². The van der Waals surface area contributed by atoms with Gasteiger partial charge < -0.3 is 9.47 Å². The van der Waals surface area contributed by atoms with Crippen LogP contribution in [0.5, 0.6) is 0 Å². The molecule has 5 rings (SSSR count). The number of pyridine rings is 2. The van der Waals surface area contributed by atoms with Crippen molar-refractivity contribution in [2.75, 3.05) is 18.0 Å². The zero-order valence-corrected chi connectivity index (χ0v) is 15.7. The van der Waals surface area contributed by atoms with Crippen LogP contribution in [0.2, 0.25) is 0 Å². The molecule has 0 atom stereocenters. The summed E-state index contributed by atoms with van der Waals surface area (Å²) >= 11 is 0. The molecule has 1 fully saturated rings. The molecule has 0 aromatic carbocycles. The van der Waals surface area contributed by atoms with E-state index in [1.807, 2.05) is 37.8 Å². The fraction of sp³-hybridized carbons (Fsp3) is 0.286. The van der Waals surface area contributed by atoms with Crippen LogP contribution < -0.4 is 4.90 Å². The van der Waals surface area contributed by atoms with Gasteiger partial charge in [-0.15, -0.1) is 0 Å². The van der Waals surface area contributed by atoms with E-state index in [9.17, 15) is 0 Å². The highest BCUT2D eigenvalue weighted by Crippen LogP contribution is 2.33. The largest absolute Gasteiger partial charge is 0.341 e. The van der Waals surface area contributed by atoms with Gasteiger partial charge in [0.2, 0.25) is 5.95 Å². The zero-order chi connectivity index (χ0) is 18.9. The molecule has 1 saturated heterocycles. The molecule has 1 aliphatic heterocycles. The van der Waals surface area contributed by atoms with Gasteiger partial charge in [0.1, 0.15) is 5.52 Å². The molecule has 1 aliphatic rings. The molecule has 0 amide bonds. The maximum Gasteiger partial charge on any atom is 0.225 e. The molecule has 5 heterocycles. The lowest BCUT2D eigenvalue weighted by molar-refractivity contribution is 0.491. The molecule has 0 aliphatic carbocycles. The lowest BCUT2D eigenvalue weighted by Gasteiger charge is -2.31. The van der Waals surface area contributed by atoms with Gasteiger partial charge in [0, 0.05) is 62.1 Å². The minimum absolute atomic E-state index is 0.412. The SMILES string of the molecule is Cn1cnc2c(-c3cccnc3)nc(C3CCN(c4ncccn4)CC3)cc21. The van der Waals surface area contributed by atoms with Crippen molar-refractivity contribution >= 4 is 17.0 Å². The van der Waals surface area contributed by atoms with Gasteiger partial charge >= 0.3 is 0 Å².